The molecule has 1 aliphatic rings. The van der Waals surface area contributed by atoms with Crippen LogP contribution in [-0.2, 0) is 21.2 Å². The van der Waals surface area contributed by atoms with Gasteiger partial charge >= 0.3 is 5.97 Å². The minimum atomic E-state index is -3.85. The third-order valence-electron chi connectivity index (χ3n) is 4.09. The van der Waals surface area contributed by atoms with Crippen molar-refractivity contribution in [1.29, 1.82) is 5.26 Å². The first-order valence-electron chi connectivity index (χ1n) is 7.82. The number of methoxy groups -OCH3 is 1. The van der Waals surface area contributed by atoms with E-state index >= 15 is 0 Å². The number of nitriles is 1. The number of para-hydroxylation sites is 1. The summed E-state index contributed by atoms with van der Waals surface area (Å²) in [4.78, 5) is 12.1. The van der Waals surface area contributed by atoms with E-state index in [9.17, 15) is 13.2 Å². The highest BCUT2D eigenvalue weighted by Crippen LogP contribution is 2.34. The van der Waals surface area contributed by atoms with E-state index in [1.165, 1.54) is 29.6 Å². The minimum Gasteiger partial charge on any atom is -0.496 e. The van der Waals surface area contributed by atoms with Crippen molar-refractivity contribution >= 4 is 21.7 Å². The molecule has 0 N–H and O–H groups in total. The predicted molar refractivity (Wildman–Crippen MR) is 93.6 cm³/mol. The summed E-state index contributed by atoms with van der Waals surface area (Å²) in [6, 6.07) is 13.0. The van der Waals surface area contributed by atoms with Crippen LogP contribution in [0, 0.1) is 11.3 Å². The largest absolute Gasteiger partial charge is 0.496 e. The van der Waals surface area contributed by atoms with E-state index in [0.29, 0.717) is 18.7 Å². The highest BCUT2D eigenvalue weighted by molar-refractivity contribution is 7.92. The molecular formula is C18H16N2O5S. The van der Waals surface area contributed by atoms with Crippen LogP contribution < -0.4 is 9.04 Å². The van der Waals surface area contributed by atoms with Gasteiger partial charge in [0.1, 0.15) is 17.4 Å². The van der Waals surface area contributed by atoms with E-state index in [-0.39, 0.29) is 16.2 Å². The highest BCUT2D eigenvalue weighted by atomic mass is 32.2. The van der Waals surface area contributed by atoms with Crippen molar-refractivity contribution in [2.75, 3.05) is 24.6 Å². The van der Waals surface area contributed by atoms with E-state index in [0.717, 1.165) is 5.56 Å². The predicted octanol–water partition coefficient (Wildman–Crippen LogP) is 2.13. The molecule has 0 saturated heterocycles. The van der Waals surface area contributed by atoms with Crippen molar-refractivity contribution < 1.29 is 22.7 Å². The summed E-state index contributed by atoms with van der Waals surface area (Å²) in [5.74, 6) is -0.643. The molecule has 0 atom stereocenters. The molecule has 0 saturated carbocycles. The lowest BCUT2D eigenvalue weighted by molar-refractivity contribution is 0.0551. The average molecular weight is 372 g/mol. The van der Waals surface area contributed by atoms with E-state index in [1.807, 2.05) is 12.1 Å². The fourth-order valence-electron chi connectivity index (χ4n) is 2.87. The number of nitrogens with zero attached hydrogens (tertiary/aromatic N) is 2. The van der Waals surface area contributed by atoms with Gasteiger partial charge in [0.2, 0.25) is 0 Å². The molecule has 26 heavy (non-hydrogen) atoms. The molecule has 2 aromatic rings. The van der Waals surface area contributed by atoms with Gasteiger partial charge in [-0.15, -0.1) is 0 Å². The number of carbonyl (C=O) groups is 1. The van der Waals surface area contributed by atoms with Gasteiger partial charge in [0, 0.05) is 6.54 Å². The van der Waals surface area contributed by atoms with Gasteiger partial charge in [0.25, 0.3) is 10.0 Å². The first-order chi connectivity index (χ1) is 12.5. The molecule has 0 amide bonds. The van der Waals surface area contributed by atoms with Crippen LogP contribution in [0.15, 0.2) is 47.4 Å². The number of hydrogen-bond donors (Lipinski definition) is 0. The number of benzene rings is 2. The van der Waals surface area contributed by atoms with Gasteiger partial charge in [0.15, 0.2) is 6.61 Å². The van der Waals surface area contributed by atoms with E-state index in [1.54, 1.807) is 18.2 Å². The van der Waals surface area contributed by atoms with Crippen LogP contribution in [0.5, 0.6) is 5.75 Å². The third kappa shape index (κ3) is 3.09. The average Bonchev–Trinajstić information content (AvgIpc) is 3.10. The quantitative estimate of drug-likeness (QED) is 0.746. The number of rotatable bonds is 5. The molecule has 1 heterocycles. The number of esters is 1. The summed E-state index contributed by atoms with van der Waals surface area (Å²) in [7, 11) is -2.49. The van der Waals surface area contributed by atoms with Crippen molar-refractivity contribution in [1.82, 2.24) is 0 Å². The molecule has 3 rings (SSSR count). The van der Waals surface area contributed by atoms with Gasteiger partial charge in [-0.05, 0) is 36.2 Å². The Hall–Kier alpha value is -3.05. The Labute approximate surface area is 151 Å². The molecular weight excluding hydrogens is 356 g/mol. The van der Waals surface area contributed by atoms with Gasteiger partial charge in [-0.2, -0.15) is 5.26 Å². The Balaban J connectivity index is 2.01. The number of anilines is 1. The SMILES string of the molecule is COc1ccc(S(=O)(=O)N2CCc3ccccc32)cc1C(=O)OCC#N. The van der Waals surface area contributed by atoms with Crippen molar-refractivity contribution in [3.63, 3.8) is 0 Å². The molecule has 0 aliphatic carbocycles. The van der Waals surface area contributed by atoms with E-state index < -0.39 is 22.6 Å². The summed E-state index contributed by atoms with van der Waals surface area (Å²) >= 11 is 0. The van der Waals surface area contributed by atoms with E-state index in [2.05, 4.69) is 0 Å². The zero-order chi connectivity index (χ0) is 18.7. The maximum absolute atomic E-state index is 13.1. The number of carbonyl (C=O) groups excluding carboxylic acids is 1. The smallest absolute Gasteiger partial charge is 0.342 e. The molecule has 0 fully saturated rings. The second kappa shape index (κ2) is 7.06. The van der Waals surface area contributed by atoms with Crippen LogP contribution in [0.3, 0.4) is 0 Å². The normalized spacial score (nSPS) is 13.0. The summed E-state index contributed by atoms with van der Waals surface area (Å²) < 4.78 is 37.3. The van der Waals surface area contributed by atoms with Crippen LogP contribution in [0.4, 0.5) is 5.69 Å². The molecule has 0 bridgehead atoms. The second-order valence-electron chi connectivity index (χ2n) is 5.55. The number of fused-ring (bicyclic) bond motifs is 1. The Kier molecular flexibility index (Phi) is 4.82. The fourth-order valence-corrected chi connectivity index (χ4v) is 4.40. The molecule has 0 unspecified atom stereocenters. The lowest BCUT2D eigenvalue weighted by Gasteiger charge is -2.20. The Morgan fingerprint density at radius 1 is 1.27 bits per heavy atom. The van der Waals surface area contributed by atoms with Gasteiger partial charge in [-0.3, -0.25) is 4.31 Å². The zero-order valence-corrected chi connectivity index (χ0v) is 14.8. The van der Waals surface area contributed by atoms with Gasteiger partial charge < -0.3 is 9.47 Å². The Morgan fingerprint density at radius 3 is 2.77 bits per heavy atom. The second-order valence-corrected chi connectivity index (χ2v) is 7.41. The summed E-state index contributed by atoms with van der Waals surface area (Å²) in [5, 5.41) is 8.55. The van der Waals surface area contributed by atoms with Crippen molar-refractivity contribution in [3.8, 4) is 11.8 Å². The maximum atomic E-state index is 13.1. The highest BCUT2D eigenvalue weighted by Gasteiger charge is 2.31. The lowest BCUT2D eigenvalue weighted by atomic mass is 10.2. The molecule has 2 aromatic carbocycles. The Bertz CT molecular complexity index is 995. The summed E-state index contributed by atoms with van der Waals surface area (Å²) in [6.45, 7) is -0.0968. The first-order valence-corrected chi connectivity index (χ1v) is 9.26. The Morgan fingerprint density at radius 2 is 2.04 bits per heavy atom. The molecule has 0 spiro atoms. The molecule has 0 aromatic heterocycles. The topological polar surface area (TPSA) is 96.7 Å². The third-order valence-corrected chi connectivity index (χ3v) is 5.90. The molecule has 1 aliphatic heterocycles. The van der Waals surface area contributed by atoms with Crippen molar-refractivity contribution in [2.24, 2.45) is 0 Å². The first kappa shape index (κ1) is 17.8. The number of hydrogen-bond acceptors (Lipinski definition) is 6. The van der Waals surface area contributed by atoms with Crippen molar-refractivity contribution in [3.05, 3.63) is 53.6 Å². The van der Waals surface area contributed by atoms with Crippen LogP contribution in [0.2, 0.25) is 0 Å². The lowest BCUT2D eigenvalue weighted by Crippen LogP contribution is -2.29. The van der Waals surface area contributed by atoms with E-state index in [4.69, 9.17) is 14.7 Å². The van der Waals surface area contributed by atoms with Gasteiger partial charge in [0.05, 0.1) is 17.7 Å². The van der Waals surface area contributed by atoms with Gasteiger partial charge in [-0.25, -0.2) is 13.2 Å². The molecule has 134 valence electrons. The van der Waals surface area contributed by atoms with Crippen LogP contribution >= 0.6 is 0 Å². The maximum Gasteiger partial charge on any atom is 0.342 e. The number of sulfonamides is 1. The van der Waals surface area contributed by atoms with Gasteiger partial charge in [-0.1, -0.05) is 18.2 Å². The fraction of sp³-hybridized carbons (Fsp3) is 0.222. The minimum absolute atomic E-state index is 0.0427. The molecule has 7 nitrogen and oxygen atoms in total. The zero-order valence-electron chi connectivity index (χ0n) is 14.0. The molecule has 0 radical (unpaired) electrons. The monoisotopic (exact) mass is 372 g/mol. The molecule has 8 heteroatoms. The van der Waals surface area contributed by atoms with Crippen molar-refractivity contribution in [2.45, 2.75) is 11.3 Å². The standard InChI is InChI=1S/C18H16N2O5S/c1-24-17-7-6-14(12-15(17)18(21)25-11-9-19)26(22,23)20-10-8-13-4-2-3-5-16(13)20/h2-7,12H,8,10-11H2,1H3. The van der Waals surface area contributed by atoms with Crippen LogP contribution in [-0.4, -0.2) is 34.6 Å². The number of ether oxygens (including phenoxy) is 2. The van der Waals surface area contributed by atoms with Crippen LogP contribution in [0.1, 0.15) is 15.9 Å². The summed E-state index contributed by atoms with van der Waals surface area (Å²) in [5.41, 5.74) is 1.55. The summed E-state index contributed by atoms with van der Waals surface area (Å²) in [6.07, 6.45) is 0.628. The van der Waals surface area contributed by atoms with Crippen LogP contribution in [0.25, 0.3) is 0 Å².